The molecule has 1 fully saturated rings. The van der Waals surface area contributed by atoms with Crippen LogP contribution in [0.1, 0.15) is 35.7 Å². The summed E-state index contributed by atoms with van der Waals surface area (Å²) in [5.41, 5.74) is 4.63. The summed E-state index contributed by atoms with van der Waals surface area (Å²) in [6, 6.07) is 13.6. The lowest BCUT2D eigenvalue weighted by Crippen LogP contribution is -1.98. The molecule has 6 heteroatoms. The van der Waals surface area contributed by atoms with Crippen LogP contribution in [0, 0.1) is 22.7 Å². The van der Waals surface area contributed by atoms with Crippen molar-refractivity contribution in [2.75, 3.05) is 0 Å². The van der Waals surface area contributed by atoms with Gasteiger partial charge in [-0.3, -0.25) is 0 Å². The molecule has 1 aromatic carbocycles. The number of nitrogens with zero attached hydrogens (tertiary/aromatic N) is 5. The number of pyridine rings is 1. The molecule has 4 rings (SSSR count). The van der Waals surface area contributed by atoms with Crippen molar-refractivity contribution in [3.63, 3.8) is 0 Å². The Morgan fingerprint density at radius 2 is 1.92 bits per heavy atom. The Hall–Kier alpha value is -3.15. The molecular formula is C20H14ClN5. The Bertz CT molecular complexity index is 1100. The molecule has 0 atom stereocenters. The zero-order valence-corrected chi connectivity index (χ0v) is 14.8. The molecule has 1 saturated carbocycles. The number of rotatable bonds is 3. The maximum absolute atomic E-state index is 9.30. The van der Waals surface area contributed by atoms with E-state index in [1.807, 2.05) is 12.1 Å². The molecule has 0 N–H and O–H groups in total. The van der Waals surface area contributed by atoms with Gasteiger partial charge >= 0.3 is 0 Å². The van der Waals surface area contributed by atoms with Gasteiger partial charge in [0.25, 0.3) is 0 Å². The van der Waals surface area contributed by atoms with E-state index in [0.29, 0.717) is 28.2 Å². The van der Waals surface area contributed by atoms with Crippen LogP contribution in [0.2, 0.25) is 5.15 Å². The van der Waals surface area contributed by atoms with Crippen LogP contribution in [-0.2, 0) is 7.05 Å². The average molecular weight is 360 g/mol. The van der Waals surface area contributed by atoms with Gasteiger partial charge in [0.15, 0.2) is 0 Å². The van der Waals surface area contributed by atoms with Gasteiger partial charge < -0.3 is 4.57 Å². The zero-order valence-electron chi connectivity index (χ0n) is 14.1. The van der Waals surface area contributed by atoms with Crippen molar-refractivity contribution in [2.24, 2.45) is 7.05 Å². The largest absolute Gasteiger partial charge is 0.319 e. The van der Waals surface area contributed by atoms with Crippen molar-refractivity contribution >= 4 is 11.6 Å². The lowest BCUT2D eigenvalue weighted by molar-refractivity contribution is 0.907. The summed E-state index contributed by atoms with van der Waals surface area (Å²) in [5, 5.41) is 19.0. The quantitative estimate of drug-likeness (QED) is 0.648. The summed E-state index contributed by atoms with van der Waals surface area (Å²) < 4.78 is 1.73. The fourth-order valence-corrected chi connectivity index (χ4v) is 3.29. The van der Waals surface area contributed by atoms with E-state index in [1.165, 1.54) is 6.20 Å². The molecule has 2 aromatic heterocycles. The maximum atomic E-state index is 9.30. The number of hydrogen-bond acceptors (Lipinski definition) is 4. The molecule has 0 unspecified atom stereocenters. The van der Waals surface area contributed by atoms with Gasteiger partial charge in [0, 0.05) is 24.2 Å². The second-order valence-electron chi connectivity index (χ2n) is 6.39. The minimum atomic E-state index is 0.456. The molecule has 0 radical (unpaired) electrons. The van der Waals surface area contributed by atoms with Crippen molar-refractivity contribution < 1.29 is 0 Å². The van der Waals surface area contributed by atoms with Gasteiger partial charge in [-0.25, -0.2) is 9.97 Å². The van der Waals surface area contributed by atoms with Gasteiger partial charge in [-0.15, -0.1) is 0 Å². The van der Waals surface area contributed by atoms with E-state index in [9.17, 15) is 10.5 Å². The highest BCUT2D eigenvalue weighted by atomic mass is 35.5. The van der Waals surface area contributed by atoms with Gasteiger partial charge in [0.2, 0.25) is 0 Å². The van der Waals surface area contributed by atoms with E-state index >= 15 is 0 Å². The highest BCUT2D eigenvalue weighted by Gasteiger charge is 2.26. The van der Waals surface area contributed by atoms with Crippen molar-refractivity contribution in [3.8, 4) is 34.7 Å². The smallest absolute Gasteiger partial charge is 0.141 e. The Kier molecular flexibility index (Phi) is 3.95. The van der Waals surface area contributed by atoms with Gasteiger partial charge in [-0.1, -0.05) is 17.7 Å². The Morgan fingerprint density at radius 3 is 2.58 bits per heavy atom. The minimum absolute atomic E-state index is 0.456. The Balaban J connectivity index is 1.94. The first-order chi connectivity index (χ1) is 12.6. The third-order valence-electron chi connectivity index (χ3n) is 4.61. The van der Waals surface area contributed by atoms with E-state index < -0.39 is 0 Å². The lowest BCUT2D eigenvalue weighted by Gasteiger charge is -2.12. The number of hydrogen-bond donors (Lipinski definition) is 0. The van der Waals surface area contributed by atoms with Crippen molar-refractivity contribution in [1.29, 1.82) is 10.5 Å². The van der Waals surface area contributed by atoms with Crippen LogP contribution < -0.4 is 0 Å². The number of imidazole rings is 1. The molecule has 26 heavy (non-hydrogen) atoms. The van der Waals surface area contributed by atoms with Gasteiger partial charge in [-0.2, -0.15) is 10.5 Å². The Morgan fingerprint density at radius 1 is 1.12 bits per heavy atom. The molecule has 1 aliphatic carbocycles. The summed E-state index contributed by atoms with van der Waals surface area (Å²) in [7, 11) is 1.79. The zero-order chi connectivity index (χ0) is 18.3. The lowest BCUT2D eigenvalue weighted by atomic mass is 9.96. The van der Waals surface area contributed by atoms with E-state index in [-0.39, 0.29) is 0 Å². The molecule has 3 aromatic rings. The first-order valence-electron chi connectivity index (χ1n) is 8.25. The van der Waals surface area contributed by atoms with Crippen molar-refractivity contribution in [3.05, 3.63) is 58.6 Å². The van der Waals surface area contributed by atoms with Gasteiger partial charge in [0.1, 0.15) is 22.7 Å². The SMILES string of the molecule is Cn1c(C#N)cnc1-c1cc(C#N)ccc1-c1cc(Cl)nc(C2CC2)c1. The molecule has 2 heterocycles. The highest BCUT2D eigenvalue weighted by molar-refractivity contribution is 6.29. The molecular weight excluding hydrogens is 346 g/mol. The fourth-order valence-electron chi connectivity index (χ4n) is 3.08. The highest BCUT2D eigenvalue weighted by Crippen LogP contribution is 2.42. The molecule has 0 spiro atoms. The van der Waals surface area contributed by atoms with Crippen LogP contribution in [-0.4, -0.2) is 14.5 Å². The van der Waals surface area contributed by atoms with Gasteiger partial charge in [0.05, 0.1) is 17.8 Å². The van der Waals surface area contributed by atoms with E-state index in [4.69, 9.17) is 11.6 Å². The third kappa shape index (κ3) is 2.83. The summed E-state index contributed by atoms with van der Waals surface area (Å²) in [6.07, 6.45) is 3.81. The molecule has 0 saturated heterocycles. The molecule has 0 bridgehead atoms. The summed E-state index contributed by atoms with van der Waals surface area (Å²) in [5.74, 6) is 1.11. The fraction of sp³-hybridized carbons (Fsp3) is 0.200. The Labute approximate surface area is 156 Å². The summed E-state index contributed by atoms with van der Waals surface area (Å²) in [6.45, 7) is 0. The first-order valence-corrected chi connectivity index (χ1v) is 8.62. The van der Waals surface area contributed by atoms with E-state index in [0.717, 1.165) is 35.2 Å². The minimum Gasteiger partial charge on any atom is -0.319 e. The van der Waals surface area contributed by atoms with Crippen LogP contribution in [0.5, 0.6) is 0 Å². The molecule has 5 nitrogen and oxygen atoms in total. The normalized spacial score (nSPS) is 13.2. The van der Waals surface area contributed by atoms with Crippen LogP contribution in [0.25, 0.3) is 22.5 Å². The first kappa shape index (κ1) is 16.3. The number of nitriles is 2. The number of aromatic nitrogens is 3. The maximum Gasteiger partial charge on any atom is 0.141 e. The van der Waals surface area contributed by atoms with Crippen LogP contribution in [0.3, 0.4) is 0 Å². The van der Waals surface area contributed by atoms with E-state index in [2.05, 4.69) is 28.2 Å². The predicted molar refractivity (Wildman–Crippen MR) is 98.3 cm³/mol. The second kappa shape index (κ2) is 6.29. The van der Waals surface area contributed by atoms with Gasteiger partial charge in [-0.05, 0) is 48.2 Å². The number of benzene rings is 1. The molecule has 0 amide bonds. The topological polar surface area (TPSA) is 78.3 Å². The molecule has 1 aliphatic rings. The summed E-state index contributed by atoms with van der Waals surface area (Å²) >= 11 is 6.26. The van der Waals surface area contributed by atoms with Crippen molar-refractivity contribution in [2.45, 2.75) is 18.8 Å². The molecule has 0 aliphatic heterocycles. The summed E-state index contributed by atoms with van der Waals surface area (Å²) in [4.78, 5) is 8.83. The van der Waals surface area contributed by atoms with Crippen LogP contribution in [0.15, 0.2) is 36.5 Å². The third-order valence-corrected chi connectivity index (χ3v) is 4.81. The monoisotopic (exact) mass is 359 g/mol. The predicted octanol–water partition coefficient (Wildman–Crippen LogP) is 4.42. The second-order valence-corrected chi connectivity index (χ2v) is 6.77. The van der Waals surface area contributed by atoms with Crippen LogP contribution >= 0.6 is 11.6 Å². The number of halogens is 1. The van der Waals surface area contributed by atoms with Crippen LogP contribution in [0.4, 0.5) is 0 Å². The molecule has 126 valence electrons. The average Bonchev–Trinajstić information content (AvgIpc) is 3.43. The van der Waals surface area contributed by atoms with Crippen molar-refractivity contribution in [1.82, 2.24) is 14.5 Å². The van der Waals surface area contributed by atoms with E-state index in [1.54, 1.807) is 23.7 Å². The standard InChI is InChI=1S/C20H14ClN5/c1-26-15(10-23)11-24-20(26)17-6-12(9-22)2-5-16(17)14-7-18(13-3-4-13)25-19(21)8-14/h2,5-8,11,13H,3-4H2,1H3.